The third kappa shape index (κ3) is 8.21. The molecule has 2 aromatic rings. The maximum absolute atomic E-state index is 13.0. The van der Waals surface area contributed by atoms with Crippen LogP contribution in [0.15, 0.2) is 54.6 Å². The zero-order valence-electron chi connectivity index (χ0n) is 24.2. The number of amides is 1. The van der Waals surface area contributed by atoms with E-state index in [9.17, 15) is 13.2 Å². The van der Waals surface area contributed by atoms with Gasteiger partial charge in [-0.1, -0.05) is 42.5 Å². The van der Waals surface area contributed by atoms with Crippen molar-refractivity contribution in [1.29, 1.82) is 0 Å². The first-order valence-electron chi connectivity index (χ1n) is 14.4. The molecule has 2 fully saturated rings. The summed E-state index contributed by atoms with van der Waals surface area (Å²) in [5.74, 6) is 1.29. The van der Waals surface area contributed by atoms with Gasteiger partial charge in [-0.05, 0) is 95.5 Å². The number of carbonyl (C=O) groups excluding carboxylic acids is 1. The van der Waals surface area contributed by atoms with E-state index in [1.807, 2.05) is 45.0 Å². The molecule has 1 saturated heterocycles. The Morgan fingerprint density at radius 2 is 1.73 bits per heavy atom. The molecular weight excluding hydrogens is 528 g/mol. The summed E-state index contributed by atoms with van der Waals surface area (Å²) in [6.45, 7) is 6.59. The average molecular weight is 573 g/mol. The van der Waals surface area contributed by atoms with Crippen LogP contribution in [-0.4, -0.2) is 62.6 Å². The quantitative estimate of drug-likeness (QED) is 0.419. The van der Waals surface area contributed by atoms with Gasteiger partial charge in [-0.15, -0.1) is 0 Å². The van der Waals surface area contributed by atoms with Gasteiger partial charge in [0.1, 0.15) is 18.0 Å². The molecule has 1 N–H and O–H groups in total. The molecule has 40 heavy (non-hydrogen) atoms. The van der Waals surface area contributed by atoms with Gasteiger partial charge in [-0.25, -0.2) is 17.9 Å². The lowest BCUT2D eigenvalue weighted by Gasteiger charge is -2.41. The number of hydrogen-bond donors (Lipinski definition) is 1. The Morgan fingerprint density at radius 1 is 1.00 bits per heavy atom. The van der Waals surface area contributed by atoms with Crippen LogP contribution < -0.4 is 9.46 Å². The summed E-state index contributed by atoms with van der Waals surface area (Å²) in [4.78, 5) is 14.6. The predicted molar refractivity (Wildman–Crippen MR) is 156 cm³/mol. The van der Waals surface area contributed by atoms with Crippen LogP contribution in [-0.2, 0) is 26.1 Å². The summed E-state index contributed by atoms with van der Waals surface area (Å²) in [5.41, 5.74) is 1.74. The molecule has 4 rings (SSSR count). The third-order valence-electron chi connectivity index (χ3n) is 7.78. The van der Waals surface area contributed by atoms with E-state index in [-0.39, 0.29) is 12.7 Å². The number of piperidine rings is 1. The molecule has 0 spiro atoms. The minimum Gasteiger partial charge on any atom is -0.489 e. The molecule has 0 bridgehead atoms. The van der Waals surface area contributed by atoms with Crippen LogP contribution >= 0.6 is 0 Å². The maximum Gasteiger partial charge on any atom is 0.410 e. The van der Waals surface area contributed by atoms with Crippen LogP contribution in [0.3, 0.4) is 0 Å². The molecule has 1 saturated carbocycles. The molecule has 2 aromatic carbocycles. The van der Waals surface area contributed by atoms with Crippen LogP contribution in [0.4, 0.5) is 4.79 Å². The Morgan fingerprint density at radius 3 is 2.40 bits per heavy atom. The summed E-state index contributed by atoms with van der Waals surface area (Å²) in [6.07, 6.45) is 4.32. The van der Waals surface area contributed by atoms with E-state index in [0.29, 0.717) is 31.9 Å². The number of sulfonamides is 1. The highest BCUT2D eigenvalue weighted by molar-refractivity contribution is 7.90. The molecule has 1 amide bonds. The monoisotopic (exact) mass is 572 g/mol. The molecule has 9 heteroatoms. The van der Waals surface area contributed by atoms with Crippen molar-refractivity contribution < 1.29 is 27.4 Å². The van der Waals surface area contributed by atoms with Crippen LogP contribution in [0.2, 0.25) is 0 Å². The predicted octanol–water partition coefficient (Wildman–Crippen LogP) is 5.63. The van der Waals surface area contributed by atoms with Crippen molar-refractivity contribution >= 4 is 16.1 Å². The number of nitrogens with zero attached hydrogens (tertiary/aromatic N) is 1. The summed E-state index contributed by atoms with van der Waals surface area (Å²) in [7, 11) is -2.18. The van der Waals surface area contributed by atoms with E-state index >= 15 is 0 Å². The lowest BCUT2D eigenvalue weighted by molar-refractivity contribution is -0.0321. The van der Waals surface area contributed by atoms with Crippen molar-refractivity contribution in [2.45, 2.75) is 94.8 Å². The highest BCUT2D eigenvalue weighted by Gasteiger charge is 2.43. The SMILES string of the molecule is CNS(=O)(=O)[C@H]1CCCN(C(=O)OC(C)(C)C)[C@H]1COC1CCC(c2cccc(OCc3ccccc3)c2)CC1. The molecule has 2 atom stereocenters. The highest BCUT2D eigenvalue weighted by Crippen LogP contribution is 2.36. The minimum atomic E-state index is -3.60. The van der Waals surface area contributed by atoms with E-state index in [1.165, 1.54) is 12.6 Å². The minimum absolute atomic E-state index is 0.0223. The van der Waals surface area contributed by atoms with E-state index in [0.717, 1.165) is 37.0 Å². The molecule has 8 nitrogen and oxygen atoms in total. The second-order valence-corrected chi connectivity index (χ2v) is 13.9. The van der Waals surface area contributed by atoms with Crippen molar-refractivity contribution in [2.75, 3.05) is 20.2 Å². The summed E-state index contributed by atoms with van der Waals surface area (Å²) < 4.78 is 46.2. The maximum atomic E-state index is 13.0. The molecule has 1 aliphatic heterocycles. The topological polar surface area (TPSA) is 94.2 Å². The molecule has 0 unspecified atom stereocenters. The number of carbonyl (C=O) groups is 1. The molecule has 0 aromatic heterocycles. The Bertz CT molecular complexity index is 1210. The molecule has 1 heterocycles. The summed E-state index contributed by atoms with van der Waals surface area (Å²) >= 11 is 0. The van der Waals surface area contributed by atoms with Crippen LogP contribution in [0.5, 0.6) is 5.75 Å². The summed E-state index contributed by atoms with van der Waals surface area (Å²) in [6, 6.07) is 17.9. The van der Waals surface area contributed by atoms with Gasteiger partial charge in [0, 0.05) is 6.54 Å². The van der Waals surface area contributed by atoms with Crippen LogP contribution in [0.25, 0.3) is 0 Å². The van der Waals surface area contributed by atoms with Crippen LogP contribution in [0.1, 0.15) is 76.3 Å². The number of hydrogen-bond acceptors (Lipinski definition) is 6. The van der Waals surface area contributed by atoms with E-state index in [1.54, 1.807) is 4.90 Å². The van der Waals surface area contributed by atoms with E-state index < -0.39 is 33.0 Å². The van der Waals surface area contributed by atoms with E-state index in [4.69, 9.17) is 14.2 Å². The number of benzene rings is 2. The van der Waals surface area contributed by atoms with Crippen molar-refractivity contribution in [1.82, 2.24) is 9.62 Å². The molecule has 0 radical (unpaired) electrons. The Balaban J connectivity index is 1.34. The lowest BCUT2D eigenvalue weighted by Crippen LogP contribution is -2.58. The number of rotatable bonds is 9. The fraction of sp³-hybridized carbons (Fsp3) is 0.581. The number of nitrogens with one attached hydrogen (secondary N) is 1. The van der Waals surface area contributed by atoms with Gasteiger partial charge in [-0.3, -0.25) is 0 Å². The second-order valence-electron chi connectivity index (χ2n) is 11.8. The highest BCUT2D eigenvalue weighted by atomic mass is 32.2. The lowest BCUT2D eigenvalue weighted by atomic mass is 9.82. The number of likely N-dealkylation sites (tertiary alicyclic amines) is 1. The van der Waals surface area contributed by atoms with Crippen molar-refractivity contribution in [3.63, 3.8) is 0 Å². The third-order valence-corrected chi connectivity index (χ3v) is 9.70. The normalized spacial score (nSPS) is 23.9. The molecule has 2 aliphatic rings. The van der Waals surface area contributed by atoms with Crippen molar-refractivity contribution in [2.24, 2.45) is 0 Å². The van der Waals surface area contributed by atoms with Gasteiger partial charge in [0.15, 0.2) is 0 Å². The average Bonchev–Trinajstić information content (AvgIpc) is 2.95. The van der Waals surface area contributed by atoms with Gasteiger partial charge >= 0.3 is 6.09 Å². The van der Waals surface area contributed by atoms with Gasteiger partial charge < -0.3 is 19.1 Å². The smallest absolute Gasteiger partial charge is 0.410 e. The first-order chi connectivity index (χ1) is 19.1. The number of ether oxygens (including phenoxy) is 3. The summed E-state index contributed by atoms with van der Waals surface area (Å²) in [5, 5.41) is -0.742. The first-order valence-corrected chi connectivity index (χ1v) is 15.9. The largest absolute Gasteiger partial charge is 0.489 e. The van der Waals surface area contributed by atoms with Crippen molar-refractivity contribution in [3.05, 3.63) is 65.7 Å². The van der Waals surface area contributed by atoms with Crippen molar-refractivity contribution in [3.8, 4) is 5.75 Å². The Hall–Kier alpha value is -2.62. The fourth-order valence-corrected chi connectivity index (χ4v) is 7.10. The van der Waals surface area contributed by atoms with Crippen LogP contribution in [0, 0.1) is 0 Å². The first kappa shape index (κ1) is 30.3. The van der Waals surface area contributed by atoms with Gasteiger partial charge in [-0.2, -0.15) is 0 Å². The van der Waals surface area contributed by atoms with Gasteiger partial charge in [0.05, 0.1) is 24.0 Å². The fourth-order valence-electron chi connectivity index (χ4n) is 5.68. The Labute approximate surface area is 239 Å². The molecule has 220 valence electrons. The molecular formula is C31H44N2O6S. The Kier molecular flexibility index (Phi) is 10.1. The van der Waals surface area contributed by atoms with Gasteiger partial charge in [0.25, 0.3) is 0 Å². The zero-order valence-corrected chi connectivity index (χ0v) is 25.0. The van der Waals surface area contributed by atoms with Gasteiger partial charge in [0.2, 0.25) is 10.0 Å². The molecule has 1 aliphatic carbocycles. The zero-order chi connectivity index (χ0) is 28.8. The second kappa shape index (κ2) is 13.4. The standard InChI is InChI=1S/C31H44N2O6S/c1-31(2,3)39-30(34)33-19-9-14-29(40(35,36)32-4)28(33)22-38-26-17-15-24(16-18-26)25-12-8-13-27(20-25)37-21-23-10-6-5-7-11-23/h5-8,10-13,20,24,26,28-29,32H,9,14-19,21-22H2,1-4H3/t24?,26?,28-,29-/m0/s1. The van der Waals surface area contributed by atoms with E-state index in [2.05, 4.69) is 35.1 Å².